The fraction of sp³-hybridized carbons (Fsp3) is 0.111. The van der Waals surface area contributed by atoms with Crippen LogP contribution in [0.2, 0.25) is 0 Å². The van der Waals surface area contributed by atoms with Crippen LogP contribution in [0.4, 0.5) is 35.1 Å². The molecular formula is C27H16F8O2. The Morgan fingerprint density at radius 1 is 0.622 bits per heavy atom. The molecule has 10 heteroatoms. The number of hydrogen-bond donors (Lipinski definition) is 0. The molecule has 0 aliphatic heterocycles. The van der Waals surface area contributed by atoms with Crippen molar-refractivity contribution in [2.45, 2.75) is 13.0 Å². The quantitative estimate of drug-likeness (QED) is 0.179. The SMILES string of the molecule is CCOc1ccc(C(F)(F)Oc2ccc(-c3ccc(-c4cc(F)c(F)c(F)c4)c(F)c3)cc2)c(F)c1F. The fourth-order valence-electron chi connectivity index (χ4n) is 3.58. The molecule has 0 radical (unpaired) electrons. The smallest absolute Gasteiger partial charge is 0.429 e. The summed E-state index contributed by atoms with van der Waals surface area (Å²) in [6.45, 7) is 1.52. The summed E-state index contributed by atoms with van der Waals surface area (Å²) in [5.74, 6) is -9.79. The average molecular weight is 524 g/mol. The molecule has 0 aliphatic carbocycles. The molecule has 0 N–H and O–H groups in total. The summed E-state index contributed by atoms with van der Waals surface area (Å²) < 4.78 is 122. The predicted octanol–water partition coefficient (Wildman–Crippen LogP) is 8.38. The molecule has 4 aromatic carbocycles. The molecule has 4 aromatic rings. The van der Waals surface area contributed by atoms with Crippen LogP contribution in [-0.4, -0.2) is 6.61 Å². The Bertz CT molecular complexity index is 1430. The van der Waals surface area contributed by atoms with E-state index in [1.54, 1.807) is 0 Å². The van der Waals surface area contributed by atoms with Crippen molar-refractivity contribution in [1.29, 1.82) is 0 Å². The molecule has 0 aliphatic rings. The topological polar surface area (TPSA) is 18.5 Å². The molecular weight excluding hydrogens is 508 g/mol. The summed E-state index contributed by atoms with van der Waals surface area (Å²) in [5, 5.41) is 0. The van der Waals surface area contributed by atoms with Gasteiger partial charge in [0.15, 0.2) is 29.0 Å². The second kappa shape index (κ2) is 10.1. The molecule has 4 rings (SSSR count). The summed E-state index contributed by atoms with van der Waals surface area (Å²) in [4.78, 5) is 0. The van der Waals surface area contributed by atoms with Gasteiger partial charge in [-0.25, -0.2) is 22.0 Å². The zero-order valence-corrected chi connectivity index (χ0v) is 18.9. The Kier molecular flexibility index (Phi) is 7.11. The van der Waals surface area contributed by atoms with Gasteiger partial charge in [-0.15, -0.1) is 0 Å². The maximum atomic E-state index is 14.7. The number of halogens is 8. The van der Waals surface area contributed by atoms with Gasteiger partial charge in [-0.05, 0) is 66.1 Å². The van der Waals surface area contributed by atoms with Crippen LogP contribution in [0.15, 0.2) is 66.7 Å². The minimum atomic E-state index is -4.23. The number of ether oxygens (including phenoxy) is 2. The third-order valence-electron chi connectivity index (χ3n) is 5.36. The lowest BCUT2D eigenvalue weighted by atomic mass is 9.99. The van der Waals surface area contributed by atoms with Crippen LogP contribution in [0.3, 0.4) is 0 Å². The fourth-order valence-corrected chi connectivity index (χ4v) is 3.58. The van der Waals surface area contributed by atoms with E-state index in [2.05, 4.69) is 4.74 Å². The van der Waals surface area contributed by atoms with Crippen molar-refractivity contribution < 1.29 is 44.6 Å². The van der Waals surface area contributed by atoms with Gasteiger partial charge in [-0.2, -0.15) is 13.2 Å². The van der Waals surface area contributed by atoms with E-state index in [0.717, 1.165) is 24.3 Å². The van der Waals surface area contributed by atoms with E-state index in [1.165, 1.54) is 31.2 Å². The minimum Gasteiger partial charge on any atom is -0.491 e. The zero-order valence-electron chi connectivity index (χ0n) is 18.9. The van der Waals surface area contributed by atoms with Crippen molar-refractivity contribution in [3.8, 4) is 33.8 Å². The third-order valence-corrected chi connectivity index (χ3v) is 5.36. The second-order valence-corrected chi connectivity index (χ2v) is 7.76. The van der Waals surface area contributed by atoms with Crippen molar-refractivity contribution in [3.63, 3.8) is 0 Å². The largest absolute Gasteiger partial charge is 0.491 e. The lowest BCUT2D eigenvalue weighted by molar-refractivity contribution is -0.187. The van der Waals surface area contributed by atoms with E-state index in [9.17, 15) is 35.1 Å². The molecule has 0 bridgehead atoms. The van der Waals surface area contributed by atoms with E-state index >= 15 is 0 Å². The molecule has 0 aromatic heterocycles. The van der Waals surface area contributed by atoms with Gasteiger partial charge in [-0.1, -0.05) is 24.3 Å². The van der Waals surface area contributed by atoms with Crippen molar-refractivity contribution in [3.05, 3.63) is 107 Å². The van der Waals surface area contributed by atoms with E-state index in [-0.39, 0.29) is 23.3 Å². The van der Waals surface area contributed by atoms with Crippen molar-refractivity contribution in [2.75, 3.05) is 6.61 Å². The molecule has 192 valence electrons. The molecule has 0 unspecified atom stereocenters. The summed E-state index contributed by atoms with van der Waals surface area (Å²) >= 11 is 0. The van der Waals surface area contributed by atoms with E-state index in [4.69, 9.17) is 4.74 Å². The summed E-state index contributed by atoms with van der Waals surface area (Å²) in [6, 6.07) is 11.3. The lowest BCUT2D eigenvalue weighted by Gasteiger charge is -2.20. The van der Waals surface area contributed by atoms with Gasteiger partial charge in [-0.3, -0.25) is 0 Å². The Labute approximate surface area is 205 Å². The number of hydrogen-bond acceptors (Lipinski definition) is 2. The van der Waals surface area contributed by atoms with Crippen LogP contribution in [0.5, 0.6) is 11.5 Å². The first-order chi connectivity index (χ1) is 17.5. The minimum absolute atomic E-state index is 0.00488. The Morgan fingerprint density at radius 2 is 1.22 bits per heavy atom. The molecule has 37 heavy (non-hydrogen) atoms. The predicted molar refractivity (Wildman–Crippen MR) is 119 cm³/mol. The first-order valence-electron chi connectivity index (χ1n) is 10.7. The van der Waals surface area contributed by atoms with Crippen LogP contribution < -0.4 is 9.47 Å². The van der Waals surface area contributed by atoms with Gasteiger partial charge in [0, 0.05) is 5.56 Å². The molecule has 0 saturated heterocycles. The van der Waals surface area contributed by atoms with E-state index in [1.807, 2.05) is 0 Å². The second-order valence-electron chi connectivity index (χ2n) is 7.76. The van der Waals surface area contributed by atoms with Gasteiger partial charge >= 0.3 is 6.11 Å². The summed E-state index contributed by atoms with van der Waals surface area (Å²) in [5.41, 5.74) is -1.10. The monoisotopic (exact) mass is 524 g/mol. The van der Waals surface area contributed by atoms with Gasteiger partial charge in [0.1, 0.15) is 17.1 Å². The highest BCUT2D eigenvalue weighted by atomic mass is 19.3. The van der Waals surface area contributed by atoms with Crippen LogP contribution >= 0.6 is 0 Å². The zero-order chi connectivity index (χ0) is 26.9. The first-order valence-corrected chi connectivity index (χ1v) is 10.7. The van der Waals surface area contributed by atoms with Gasteiger partial charge in [0.25, 0.3) is 0 Å². The normalized spacial score (nSPS) is 11.5. The molecule has 0 spiro atoms. The number of rotatable bonds is 7. The highest BCUT2D eigenvalue weighted by molar-refractivity contribution is 5.71. The van der Waals surface area contributed by atoms with Crippen molar-refractivity contribution in [1.82, 2.24) is 0 Å². The number of alkyl halides is 2. The average Bonchev–Trinajstić information content (AvgIpc) is 2.85. The maximum absolute atomic E-state index is 14.7. The Morgan fingerprint density at radius 3 is 1.81 bits per heavy atom. The number of benzene rings is 4. The molecule has 0 heterocycles. The van der Waals surface area contributed by atoms with Crippen LogP contribution in [0, 0.1) is 34.9 Å². The summed E-state index contributed by atoms with van der Waals surface area (Å²) in [6.07, 6.45) is -4.23. The maximum Gasteiger partial charge on any atom is 0.429 e. The summed E-state index contributed by atoms with van der Waals surface area (Å²) in [7, 11) is 0. The van der Waals surface area contributed by atoms with Crippen LogP contribution in [0.1, 0.15) is 12.5 Å². The highest BCUT2D eigenvalue weighted by Gasteiger charge is 2.39. The van der Waals surface area contributed by atoms with Gasteiger partial charge in [0.05, 0.1) is 6.61 Å². The molecule has 0 fully saturated rings. The van der Waals surface area contributed by atoms with E-state index < -0.39 is 58.1 Å². The van der Waals surface area contributed by atoms with Crippen LogP contribution in [-0.2, 0) is 6.11 Å². The Balaban J connectivity index is 1.55. The lowest BCUT2D eigenvalue weighted by Crippen LogP contribution is -2.24. The van der Waals surface area contributed by atoms with Crippen LogP contribution in [0.25, 0.3) is 22.3 Å². The highest BCUT2D eigenvalue weighted by Crippen LogP contribution is 2.37. The van der Waals surface area contributed by atoms with Gasteiger partial charge in [0.2, 0.25) is 5.82 Å². The van der Waals surface area contributed by atoms with Crippen molar-refractivity contribution in [2.24, 2.45) is 0 Å². The van der Waals surface area contributed by atoms with Gasteiger partial charge < -0.3 is 9.47 Å². The standard InChI is InChI=1S/C27H16F8O2/c1-2-36-23-10-9-19(24(31)26(23)33)27(34,35)37-17-6-3-14(4-7-17)15-5-8-18(20(28)11-15)16-12-21(29)25(32)22(30)13-16/h3-13H,2H2,1H3. The first kappa shape index (κ1) is 26.0. The molecule has 0 atom stereocenters. The van der Waals surface area contributed by atoms with Crippen molar-refractivity contribution >= 4 is 0 Å². The Hall–Kier alpha value is -4.08. The molecule has 0 amide bonds. The third kappa shape index (κ3) is 5.23. The molecule has 0 saturated carbocycles. The van der Waals surface area contributed by atoms with E-state index in [0.29, 0.717) is 23.8 Å². The molecule has 2 nitrogen and oxygen atoms in total.